The van der Waals surface area contributed by atoms with E-state index in [2.05, 4.69) is 22.3 Å². The fourth-order valence-corrected chi connectivity index (χ4v) is 5.31. The number of nitrogens with zero attached hydrogens (tertiary/aromatic N) is 3. The maximum Gasteiger partial charge on any atom is 0.248 e. The number of piperidine rings is 2. The van der Waals surface area contributed by atoms with Crippen LogP contribution >= 0.6 is 0 Å². The smallest absolute Gasteiger partial charge is 0.248 e. The second-order valence-corrected chi connectivity index (χ2v) is 9.36. The van der Waals surface area contributed by atoms with E-state index in [-0.39, 0.29) is 17.7 Å². The molecule has 4 rings (SSSR count). The largest absolute Gasteiger partial charge is 0.368 e. The number of benzene rings is 1. The van der Waals surface area contributed by atoms with Gasteiger partial charge in [0, 0.05) is 51.4 Å². The molecule has 0 saturated carbocycles. The van der Waals surface area contributed by atoms with E-state index < -0.39 is 17.9 Å². The van der Waals surface area contributed by atoms with E-state index in [0.717, 1.165) is 51.1 Å². The lowest BCUT2D eigenvalue weighted by Gasteiger charge is -2.41. The first-order chi connectivity index (χ1) is 16.1. The number of carbonyl (C=O) groups is 3. The third kappa shape index (κ3) is 5.65. The second kappa shape index (κ2) is 11.0. The molecular weight excluding hydrogens is 422 g/mol. The number of piperazine rings is 1. The topological polar surface area (TPSA) is 105 Å². The Labute approximate surface area is 195 Å². The van der Waals surface area contributed by atoms with Crippen molar-refractivity contribution in [3.05, 3.63) is 30.3 Å². The Morgan fingerprint density at radius 2 is 1.64 bits per heavy atom. The molecule has 3 atom stereocenters. The SMILES string of the molecule is O=C(NO)C1CC(CC(=O)N2CCCCC2)CNC1C(=O)N1CCN(c2ccccc2)CC1. The number of carbonyl (C=O) groups excluding carboxylic acids is 3. The van der Waals surface area contributed by atoms with Crippen molar-refractivity contribution in [2.45, 2.75) is 38.1 Å². The van der Waals surface area contributed by atoms with Gasteiger partial charge in [0.15, 0.2) is 0 Å². The van der Waals surface area contributed by atoms with Crippen LogP contribution in [0.25, 0.3) is 0 Å². The average molecular weight is 458 g/mol. The lowest BCUT2D eigenvalue weighted by Crippen LogP contribution is -2.61. The summed E-state index contributed by atoms with van der Waals surface area (Å²) in [7, 11) is 0. The van der Waals surface area contributed by atoms with Crippen LogP contribution in [0.1, 0.15) is 32.1 Å². The number of hydrogen-bond donors (Lipinski definition) is 3. The lowest BCUT2D eigenvalue weighted by molar-refractivity contribution is -0.145. The molecule has 3 saturated heterocycles. The summed E-state index contributed by atoms with van der Waals surface area (Å²) in [5, 5.41) is 12.5. The third-order valence-electron chi connectivity index (χ3n) is 7.21. The first-order valence-corrected chi connectivity index (χ1v) is 12.1. The normalized spacial score (nSPS) is 26.1. The van der Waals surface area contributed by atoms with E-state index in [1.54, 1.807) is 10.4 Å². The van der Waals surface area contributed by atoms with Crippen molar-refractivity contribution >= 4 is 23.4 Å². The van der Waals surface area contributed by atoms with Crippen molar-refractivity contribution in [2.75, 3.05) is 50.7 Å². The molecular formula is C24H35N5O4. The molecule has 3 aliphatic heterocycles. The van der Waals surface area contributed by atoms with Crippen LogP contribution in [0.2, 0.25) is 0 Å². The van der Waals surface area contributed by atoms with Gasteiger partial charge in [-0.05, 0) is 50.3 Å². The summed E-state index contributed by atoms with van der Waals surface area (Å²) >= 11 is 0. The molecule has 3 unspecified atom stereocenters. The number of hydrogen-bond acceptors (Lipinski definition) is 6. The first-order valence-electron chi connectivity index (χ1n) is 12.1. The first kappa shape index (κ1) is 23.5. The summed E-state index contributed by atoms with van der Waals surface area (Å²) in [4.78, 5) is 44.4. The molecule has 3 N–H and O–H groups in total. The number of hydroxylamine groups is 1. The van der Waals surface area contributed by atoms with E-state index in [1.807, 2.05) is 23.1 Å². The van der Waals surface area contributed by atoms with Gasteiger partial charge in [-0.2, -0.15) is 0 Å². The molecule has 180 valence electrons. The molecule has 9 nitrogen and oxygen atoms in total. The van der Waals surface area contributed by atoms with Gasteiger partial charge in [-0.3, -0.25) is 19.6 Å². The minimum atomic E-state index is -0.706. The van der Waals surface area contributed by atoms with Crippen LogP contribution < -0.4 is 15.7 Å². The van der Waals surface area contributed by atoms with Crippen molar-refractivity contribution < 1.29 is 19.6 Å². The predicted molar refractivity (Wildman–Crippen MR) is 124 cm³/mol. The second-order valence-electron chi connectivity index (χ2n) is 9.36. The predicted octanol–water partition coefficient (Wildman–Crippen LogP) is 0.838. The Morgan fingerprint density at radius 1 is 0.939 bits per heavy atom. The number of rotatable bonds is 5. The molecule has 3 heterocycles. The van der Waals surface area contributed by atoms with E-state index in [9.17, 15) is 19.6 Å². The van der Waals surface area contributed by atoms with Crippen molar-refractivity contribution in [3.8, 4) is 0 Å². The standard InChI is InChI=1S/C24H35N5O4/c30-21(28-9-5-2-6-10-28)16-18-15-20(23(31)26-33)22(25-17-18)24(32)29-13-11-27(12-14-29)19-7-3-1-4-8-19/h1,3-4,7-8,18,20,22,25,33H,2,5-6,9-17H2,(H,26,31). The van der Waals surface area contributed by atoms with Crippen LogP contribution in [-0.2, 0) is 14.4 Å². The van der Waals surface area contributed by atoms with Crippen LogP contribution in [-0.4, -0.2) is 84.6 Å². The van der Waals surface area contributed by atoms with E-state index in [4.69, 9.17) is 0 Å². The number of likely N-dealkylation sites (tertiary alicyclic amines) is 1. The Balaban J connectivity index is 1.34. The van der Waals surface area contributed by atoms with Gasteiger partial charge in [-0.15, -0.1) is 0 Å². The zero-order valence-electron chi connectivity index (χ0n) is 19.1. The van der Waals surface area contributed by atoms with E-state index in [1.165, 1.54) is 0 Å². The number of nitrogens with one attached hydrogen (secondary N) is 2. The number of para-hydroxylation sites is 1. The van der Waals surface area contributed by atoms with Crippen molar-refractivity contribution in [3.63, 3.8) is 0 Å². The third-order valence-corrected chi connectivity index (χ3v) is 7.21. The van der Waals surface area contributed by atoms with Gasteiger partial charge in [0.1, 0.15) is 0 Å². The van der Waals surface area contributed by atoms with Crippen LogP contribution in [0.4, 0.5) is 5.69 Å². The number of amides is 3. The summed E-state index contributed by atoms with van der Waals surface area (Å²) in [6.07, 6.45) is 4.01. The lowest BCUT2D eigenvalue weighted by atomic mass is 9.81. The monoisotopic (exact) mass is 457 g/mol. The van der Waals surface area contributed by atoms with Crippen LogP contribution in [0, 0.1) is 11.8 Å². The molecule has 1 aromatic rings. The molecule has 3 amide bonds. The Kier molecular flexibility index (Phi) is 7.82. The fourth-order valence-electron chi connectivity index (χ4n) is 5.31. The van der Waals surface area contributed by atoms with Crippen molar-refractivity contribution in [2.24, 2.45) is 11.8 Å². The molecule has 33 heavy (non-hydrogen) atoms. The zero-order valence-corrected chi connectivity index (χ0v) is 19.1. The highest BCUT2D eigenvalue weighted by molar-refractivity contribution is 5.90. The maximum absolute atomic E-state index is 13.3. The molecule has 0 bridgehead atoms. The molecule has 3 fully saturated rings. The molecule has 3 aliphatic rings. The van der Waals surface area contributed by atoms with Gasteiger partial charge in [-0.25, -0.2) is 5.48 Å². The summed E-state index contributed by atoms with van der Waals surface area (Å²) in [5.74, 6) is -1.31. The van der Waals surface area contributed by atoms with Gasteiger partial charge >= 0.3 is 0 Å². The maximum atomic E-state index is 13.3. The van der Waals surface area contributed by atoms with Crippen LogP contribution in [0.15, 0.2) is 30.3 Å². The minimum absolute atomic E-state index is 0.0410. The molecule has 9 heteroatoms. The minimum Gasteiger partial charge on any atom is -0.368 e. The average Bonchev–Trinajstić information content (AvgIpc) is 2.89. The van der Waals surface area contributed by atoms with Gasteiger partial charge in [0.25, 0.3) is 0 Å². The summed E-state index contributed by atoms with van der Waals surface area (Å²) in [6.45, 7) is 4.73. The highest BCUT2D eigenvalue weighted by Gasteiger charge is 2.42. The van der Waals surface area contributed by atoms with E-state index >= 15 is 0 Å². The molecule has 0 spiro atoms. The van der Waals surface area contributed by atoms with Crippen LogP contribution in [0.3, 0.4) is 0 Å². The van der Waals surface area contributed by atoms with E-state index in [0.29, 0.717) is 32.5 Å². The Hall–Kier alpha value is -2.65. The Morgan fingerprint density at radius 3 is 2.30 bits per heavy atom. The van der Waals surface area contributed by atoms with Crippen molar-refractivity contribution in [1.82, 2.24) is 20.6 Å². The quantitative estimate of drug-likeness (QED) is 0.447. The zero-order chi connectivity index (χ0) is 23.2. The van der Waals surface area contributed by atoms with Crippen molar-refractivity contribution in [1.29, 1.82) is 0 Å². The molecule has 1 aromatic carbocycles. The van der Waals surface area contributed by atoms with Gasteiger partial charge in [0.2, 0.25) is 17.7 Å². The van der Waals surface area contributed by atoms with Gasteiger partial charge < -0.3 is 20.0 Å². The fraction of sp³-hybridized carbons (Fsp3) is 0.625. The molecule has 0 aliphatic carbocycles. The summed E-state index contributed by atoms with van der Waals surface area (Å²) < 4.78 is 0. The van der Waals surface area contributed by atoms with Gasteiger partial charge in [0.05, 0.1) is 12.0 Å². The van der Waals surface area contributed by atoms with Gasteiger partial charge in [-0.1, -0.05) is 18.2 Å². The summed E-state index contributed by atoms with van der Waals surface area (Å²) in [6, 6.07) is 9.42. The molecule has 0 radical (unpaired) electrons. The van der Waals surface area contributed by atoms with Crippen LogP contribution in [0.5, 0.6) is 0 Å². The highest BCUT2D eigenvalue weighted by Crippen LogP contribution is 2.27. The highest BCUT2D eigenvalue weighted by atomic mass is 16.5. The number of anilines is 1. The Bertz CT molecular complexity index is 821. The molecule has 0 aromatic heterocycles. The summed E-state index contributed by atoms with van der Waals surface area (Å²) in [5.41, 5.74) is 2.87.